The molecule has 0 amide bonds. The van der Waals surface area contributed by atoms with Crippen LogP contribution in [-0.2, 0) is 0 Å². The van der Waals surface area contributed by atoms with Crippen LogP contribution >= 0.6 is 0 Å². The van der Waals surface area contributed by atoms with Gasteiger partial charge in [-0.3, -0.25) is 4.79 Å². The normalized spacial score (nSPS) is 10.7. The number of hydrogen-bond acceptors (Lipinski definition) is 2. The van der Waals surface area contributed by atoms with Gasteiger partial charge >= 0.3 is 0 Å². The number of nitrogens with one attached hydrogen (secondary N) is 1. The molecule has 3 heteroatoms. The van der Waals surface area contributed by atoms with Gasteiger partial charge in [0.1, 0.15) is 5.75 Å². The molecule has 23 heavy (non-hydrogen) atoms. The Kier molecular flexibility index (Phi) is 6.92. The highest BCUT2D eigenvalue weighted by molar-refractivity contribution is 5.60. The monoisotopic (exact) mass is 313 g/mol. The first-order valence-electron chi connectivity index (χ1n) is 8.63. The van der Waals surface area contributed by atoms with E-state index in [-0.39, 0.29) is 5.43 Å². The minimum atomic E-state index is 0.0275. The third kappa shape index (κ3) is 5.93. The SMILES string of the molecule is CCCCCCCCOc1ccc(-c2cc(=O)cc(C)[nH]2)cc1. The maximum atomic E-state index is 11.6. The maximum Gasteiger partial charge on any atom is 0.182 e. The third-order valence-electron chi connectivity index (χ3n) is 3.91. The third-order valence-corrected chi connectivity index (χ3v) is 3.91. The second-order valence-corrected chi connectivity index (χ2v) is 6.05. The summed E-state index contributed by atoms with van der Waals surface area (Å²) in [5, 5.41) is 0. The largest absolute Gasteiger partial charge is 0.494 e. The highest BCUT2D eigenvalue weighted by atomic mass is 16.5. The number of pyridine rings is 1. The van der Waals surface area contributed by atoms with E-state index in [9.17, 15) is 4.79 Å². The van der Waals surface area contributed by atoms with Gasteiger partial charge in [0.05, 0.1) is 6.61 Å². The van der Waals surface area contributed by atoms with Crippen molar-refractivity contribution in [3.63, 3.8) is 0 Å². The van der Waals surface area contributed by atoms with E-state index in [0.29, 0.717) is 0 Å². The van der Waals surface area contributed by atoms with E-state index in [0.717, 1.165) is 35.7 Å². The molecule has 3 nitrogen and oxygen atoms in total. The zero-order valence-electron chi connectivity index (χ0n) is 14.2. The van der Waals surface area contributed by atoms with Gasteiger partial charge in [0.2, 0.25) is 0 Å². The van der Waals surface area contributed by atoms with E-state index < -0.39 is 0 Å². The fraction of sp³-hybridized carbons (Fsp3) is 0.450. The Hall–Kier alpha value is -2.03. The number of benzene rings is 1. The molecule has 0 atom stereocenters. The van der Waals surface area contributed by atoms with E-state index in [1.165, 1.54) is 32.1 Å². The van der Waals surface area contributed by atoms with E-state index in [4.69, 9.17) is 4.74 Å². The summed E-state index contributed by atoms with van der Waals surface area (Å²) in [5.41, 5.74) is 2.74. The van der Waals surface area contributed by atoms with Crippen LogP contribution in [0.15, 0.2) is 41.2 Å². The van der Waals surface area contributed by atoms with Crippen molar-refractivity contribution < 1.29 is 4.74 Å². The van der Waals surface area contributed by atoms with E-state index in [1.54, 1.807) is 12.1 Å². The molecular weight excluding hydrogens is 286 g/mol. The summed E-state index contributed by atoms with van der Waals surface area (Å²) in [6.07, 6.45) is 7.61. The van der Waals surface area contributed by atoms with Crippen LogP contribution in [-0.4, -0.2) is 11.6 Å². The number of ether oxygens (including phenoxy) is 1. The van der Waals surface area contributed by atoms with Crippen molar-refractivity contribution in [3.05, 3.63) is 52.3 Å². The van der Waals surface area contributed by atoms with Crippen molar-refractivity contribution in [2.45, 2.75) is 52.4 Å². The number of aromatic amines is 1. The predicted octanol–water partition coefficient (Wildman–Crippen LogP) is 5.09. The molecule has 1 heterocycles. The average molecular weight is 313 g/mol. The van der Waals surface area contributed by atoms with Crippen molar-refractivity contribution in [2.75, 3.05) is 6.61 Å². The Bertz CT molecular complexity index is 643. The van der Waals surface area contributed by atoms with Crippen molar-refractivity contribution in [1.29, 1.82) is 0 Å². The first-order valence-corrected chi connectivity index (χ1v) is 8.63. The second kappa shape index (κ2) is 9.19. The van der Waals surface area contributed by atoms with Crippen LogP contribution in [0.5, 0.6) is 5.75 Å². The van der Waals surface area contributed by atoms with Crippen LogP contribution in [0.2, 0.25) is 0 Å². The number of H-pyrrole nitrogens is 1. The van der Waals surface area contributed by atoms with Crippen LogP contribution in [0.4, 0.5) is 0 Å². The number of aryl methyl sites for hydroxylation is 1. The van der Waals surface area contributed by atoms with E-state index in [2.05, 4.69) is 11.9 Å². The maximum absolute atomic E-state index is 11.6. The molecular formula is C20H27NO2. The summed E-state index contributed by atoms with van der Waals surface area (Å²) in [4.78, 5) is 14.8. The Morgan fingerprint density at radius 1 is 0.957 bits per heavy atom. The molecule has 0 bridgehead atoms. The molecule has 0 aliphatic heterocycles. The second-order valence-electron chi connectivity index (χ2n) is 6.05. The topological polar surface area (TPSA) is 42.1 Å². The molecule has 0 unspecified atom stereocenters. The number of rotatable bonds is 9. The lowest BCUT2D eigenvalue weighted by molar-refractivity contribution is 0.304. The molecule has 0 fully saturated rings. The molecule has 2 aromatic rings. The Morgan fingerprint density at radius 2 is 1.65 bits per heavy atom. The molecule has 0 saturated heterocycles. The van der Waals surface area contributed by atoms with Gasteiger partial charge in [0, 0.05) is 23.5 Å². The fourth-order valence-electron chi connectivity index (χ4n) is 2.64. The van der Waals surface area contributed by atoms with Gasteiger partial charge in [-0.05, 0) is 43.2 Å². The predicted molar refractivity (Wildman–Crippen MR) is 96.1 cm³/mol. The van der Waals surface area contributed by atoms with Crippen molar-refractivity contribution in [2.24, 2.45) is 0 Å². The highest BCUT2D eigenvalue weighted by Crippen LogP contribution is 2.20. The molecule has 0 radical (unpaired) electrons. The Balaban J connectivity index is 1.81. The van der Waals surface area contributed by atoms with Crippen molar-refractivity contribution >= 4 is 0 Å². The molecule has 0 spiro atoms. The van der Waals surface area contributed by atoms with Crippen molar-refractivity contribution in [1.82, 2.24) is 4.98 Å². The molecule has 0 saturated carbocycles. The van der Waals surface area contributed by atoms with Gasteiger partial charge in [0.25, 0.3) is 0 Å². The minimum absolute atomic E-state index is 0.0275. The smallest absolute Gasteiger partial charge is 0.182 e. The molecule has 0 aliphatic rings. The molecule has 0 aliphatic carbocycles. The highest BCUT2D eigenvalue weighted by Gasteiger charge is 2.01. The first kappa shape index (κ1) is 17.3. The molecule has 124 valence electrons. The summed E-state index contributed by atoms with van der Waals surface area (Å²) in [5.74, 6) is 0.886. The average Bonchev–Trinajstić information content (AvgIpc) is 2.54. The quantitative estimate of drug-likeness (QED) is 0.655. The molecule has 2 rings (SSSR count). The van der Waals surface area contributed by atoms with Crippen LogP contribution in [0.3, 0.4) is 0 Å². The lowest BCUT2D eigenvalue weighted by Gasteiger charge is -2.08. The van der Waals surface area contributed by atoms with Crippen LogP contribution in [0.1, 0.15) is 51.1 Å². The van der Waals surface area contributed by atoms with E-state index in [1.807, 2.05) is 31.2 Å². The van der Waals surface area contributed by atoms with Crippen LogP contribution < -0.4 is 10.2 Å². The zero-order chi connectivity index (χ0) is 16.5. The van der Waals surface area contributed by atoms with Gasteiger partial charge in [-0.2, -0.15) is 0 Å². The number of hydrogen-bond donors (Lipinski definition) is 1. The standard InChI is InChI=1S/C20H27NO2/c1-3-4-5-6-7-8-13-23-19-11-9-17(10-12-19)20-15-18(22)14-16(2)21-20/h9-12,14-15H,3-8,13H2,1-2H3,(H,21,22). The van der Waals surface area contributed by atoms with Gasteiger partial charge in [0.15, 0.2) is 5.43 Å². The lowest BCUT2D eigenvalue weighted by atomic mass is 10.1. The van der Waals surface area contributed by atoms with Gasteiger partial charge in [-0.25, -0.2) is 0 Å². The summed E-state index contributed by atoms with van der Waals surface area (Å²) in [6.45, 7) is 4.90. The van der Waals surface area contributed by atoms with Crippen molar-refractivity contribution in [3.8, 4) is 17.0 Å². The molecule has 1 aromatic heterocycles. The summed E-state index contributed by atoms with van der Waals surface area (Å²) in [7, 11) is 0. The van der Waals surface area contributed by atoms with Gasteiger partial charge in [-0.1, -0.05) is 39.0 Å². The van der Waals surface area contributed by atoms with Crippen LogP contribution in [0, 0.1) is 6.92 Å². The summed E-state index contributed by atoms with van der Waals surface area (Å²) in [6, 6.07) is 11.1. The number of aromatic nitrogens is 1. The Labute approximate surface area is 138 Å². The molecule has 1 aromatic carbocycles. The minimum Gasteiger partial charge on any atom is -0.494 e. The fourth-order valence-corrected chi connectivity index (χ4v) is 2.64. The Morgan fingerprint density at radius 3 is 2.35 bits per heavy atom. The zero-order valence-corrected chi connectivity index (χ0v) is 14.2. The first-order chi connectivity index (χ1) is 11.2. The summed E-state index contributed by atoms with van der Waals surface area (Å²) < 4.78 is 5.78. The van der Waals surface area contributed by atoms with Gasteiger partial charge < -0.3 is 9.72 Å². The van der Waals surface area contributed by atoms with E-state index >= 15 is 0 Å². The number of unbranched alkanes of at least 4 members (excludes halogenated alkanes) is 5. The lowest BCUT2D eigenvalue weighted by Crippen LogP contribution is -2.01. The van der Waals surface area contributed by atoms with Gasteiger partial charge in [-0.15, -0.1) is 0 Å². The summed E-state index contributed by atoms with van der Waals surface area (Å²) >= 11 is 0. The molecule has 1 N–H and O–H groups in total. The van der Waals surface area contributed by atoms with Crippen LogP contribution in [0.25, 0.3) is 11.3 Å².